The molecule has 2 aromatic rings. The van der Waals surface area contributed by atoms with Crippen molar-refractivity contribution < 1.29 is 9.90 Å². The van der Waals surface area contributed by atoms with Crippen LogP contribution in [0.5, 0.6) is 0 Å². The van der Waals surface area contributed by atoms with Crippen molar-refractivity contribution in [2.75, 3.05) is 18.0 Å². The van der Waals surface area contributed by atoms with Gasteiger partial charge in [0.25, 0.3) is 5.56 Å². The van der Waals surface area contributed by atoms with Gasteiger partial charge in [-0.25, -0.2) is 4.98 Å². The zero-order chi connectivity index (χ0) is 15.0. The van der Waals surface area contributed by atoms with Gasteiger partial charge in [0.1, 0.15) is 4.70 Å². The summed E-state index contributed by atoms with van der Waals surface area (Å²) < 4.78 is 2.36. The van der Waals surface area contributed by atoms with E-state index in [0.29, 0.717) is 43.1 Å². The number of carboxylic acid groups (broad SMARTS) is 1. The lowest BCUT2D eigenvalue weighted by molar-refractivity contribution is -0.142. The molecule has 0 atom stereocenters. The molecule has 112 valence electrons. The van der Waals surface area contributed by atoms with E-state index in [-0.39, 0.29) is 11.5 Å². The van der Waals surface area contributed by atoms with E-state index in [1.165, 1.54) is 11.3 Å². The zero-order valence-corrected chi connectivity index (χ0v) is 12.6. The number of carbonyl (C=O) groups is 1. The number of rotatable bonds is 3. The van der Waals surface area contributed by atoms with Crippen molar-refractivity contribution >= 4 is 33.5 Å². The molecule has 1 aliphatic rings. The quantitative estimate of drug-likeness (QED) is 0.935. The van der Waals surface area contributed by atoms with Crippen LogP contribution in [0.15, 0.2) is 16.2 Å². The SMILES string of the molecule is CCn1c(N2CCC(C(=O)O)CC2)nc2ccsc2c1=O. The number of hydrogen-bond acceptors (Lipinski definition) is 5. The smallest absolute Gasteiger partial charge is 0.306 e. The van der Waals surface area contributed by atoms with Crippen molar-refractivity contribution in [1.82, 2.24) is 9.55 Å². The third-order valence-corrected chi connectivity index (χ3v) is 4.88. The molecule has 0 saturated carbocycles. The average Bonchev–Trinajstić information content (AvgIpc) is 2.96. The van der Waals surface area contributed by atoms with Crippen LogP contribution in [0, 0.1) is 5.92 Å². The van der Waals surface area contributed by atoms with Crippen molar-refractivity contribution in [2.45, 2.75) is 26.3 Å². The summed E-state index contributed by atoms with van der Waals surface area (Å²) >= 11 is 1.41. The van der Waals surface area contributed by atoms with Gasteiger partial charge in [0.2, 0.25) is 5.95 Å². The minimum atomic E-state index is -0.733. The molecule has 0 aliphatic carbocycles. The third-order valence-electron chi connectivity index (χ3n) is 3.99. The molecule has 3 rings (SSSR count). The van der Waals surface area contributed by atoms with E-state index in [4.69, 9.17) is 5.11 Å². The lowest BCUT2D eigenvalue weighted by Gasteiger charge is -2.32. The summed E-state index contributed by atoms with van der Waals surface area (Å²) in [7, 11) is 0. The molecule has 7 heteroatoms. The first kappa shape index (κ1) is 14.1. The zero-order valence-electron chi connectivity index (χ0n) is 11.8. The number of nitrogens with zero attached hydrogens (tertiary/aromatic N) is 3. The van der Waals surface area contributed by atoms with Crippen molar-refractivity contribution in [3.63, 3.8) is 0 Å². The van der Waals surface area contributed by atoms with Crippen LogP contribution in [0.2, 0.25) is 0 Å². The van der Waals surface area contributed by atoms with Crippen LogP contribution in [0.4, 0.5) is 5.95 Å². The Labute approximate surface area is 125 Å². The lowest BCUT2D eigenvalue weighted by atomic mass is 9.97. The molecule has 2 aromatic heterocycles. The molecule has 1 saturated heterocycles. The number of piperidine rings is 1. The lowest BCUT2D eigenvalue weighted by Crippen LogP contribution is -2.40. The summed E-state index contributed by atoms with van der Waals surface area (Å²) in [5.41, 5.74) is 0.720. The molecule has 0 aromatic carbocycles. The monoisotopic (exact) mass is 307 g/mol. The van der Waals surface area contributed by atoms with Gasteiger partial charge in [0.15, 0.2) is 0 Å². The van der Waals surface area contributed by atoms with Gasteiger partial charge in [0.05, 0.1) is 11.4 Å². The molecule has 0 radical (unpaired) electrons. The molecular formula is C14H17N3O3S. The highest BCUT2D eigenvalue weighted by atomic mass is 32.1. The summed E-state index contributed by atoms with van der Waals surface area (Å²) in [6.45, 7) is 3.74. The number of aliphatic carboxylic acids is 1. The van der Waals surface area contributed by atoms with Crippen LogP contribution in [-0.4, -0.2) is 33.7 Å². The van der Waals surface area contributed by atoms with Crippen LogP contribution in [0.3, 0.4) is 0 Å². The Balaban J connectivity index is 1.97. The fraction of sp³-hybridized carbons (Fsp3) is 0.500. The molecule has 1 N–H and O–H groups in total. The minimum Gasteiger partial charge on any atom is -0.481 e. The highest BCUT2D eigenvalue weighted by Crippen LogP contribution is 2.24. The Bertz CT molecular complexity index is 729. The fourth-order valence-corrected chi connectivity index (χ4v) is 3.56. The van der Waals surface area contributed by atoms with Gasteiger partial charge in [-0.2, -0.15) is 0 Å². The van der Waals surface area contributed by atoms with Crippen molar-refractivity contribution in [1.29, 1.82) is 0 Å². The van der Waals surface area contributed by atoms with Gasteiger partial charge in [-0.05, 0) is 31.2 Å². The number of hydrogen-bond donors (Lipinski definition) is 1. The van der Waals surface area contributed by atoms with Gasteiger partial charge in [-0.3, -0.25) is 14.2 Å². The second-order valence-corrected chi connectivity index (χ2v) is 6.11. The highest BCUT2D eigenvalue weighted by molar-refractivity contribution is 7.17. The maximum atomic E-state index is 12.5. The van der Waals surface area contributed by atoms with Crippen LogP contribution < -0.4 is 10.5 Å². The number of aromatic nitrogens is 2. The fourth-order valence-electron chi connectivity index (χ4n) is 2.78. The molecule has 0 bridgehead atoms. The normalized spacial score (nSPS) is 16.5. The van der Waals surface area contributed by atoms with Crippen LogP contribution in [-0.2, 0) is 11.3 Å². The van der Waals surface area contributed by atoms with Gasteiger partial charge in [0, 0.05) is 19.6 Å². The molecule has 3 heterocycles. The molecule has 0 unspecified atom stereocenters. The Morgan fingerprint density at radius 2 is 2.19 bits per heavy atom. The maximum Gasteiger partial charge on any atom is 0.306 e. The second-order valence-electron chi connectivity index (χ2n) is 5.20. The van der Waals surface area contributed by atoms with Gasteiger partial charge >= 0.3 is 5.97 Å². The molecule has 21 heavy (non-hydrogen) atoms. The van der Waals surface area contributed by atoms with E-state index in [9.17, 15) is 9.59 Å². The number of anilines is 1. The third kappa shape index (κ3) is 2.42. The second kappa shape index (κ2) is 5.48. The Morgan fingerprint density at radius 3 is 2.81 bits per heavy atom. The van der Waals surface area contributed by atoms with E-state index in [1.54, 1.807) is 4.57 Å². The van der Waals surface area contributed by atoms with Crippen LogP contribution in [0.25, 0.3) is 10.2 Å². The van der Waals surface area contributed by atoms with E-state index >= 15 is 0 Å². The van der Waals surface area contributed by atoms with Crippen molar-refractivity contribution in [3.8, 4) is 0 Å². The molecular weight excluding hydrogens is 290 g/mol. The highest BCUT2D eigenvalue weighted by Gasteiger charge is 2.27. The summed E-state index contributed by atoms with van der Waals surface area (Å²) in [4.78, 5) is 30.1. The summed E-state index contributed by atoms with van der Waals surface area (Å²) in [5.74, 6) is -0.353. The number of thiophene rings is 1. The number of fused-ring (bicyclic) bond motifs is 1. The van der Waals surface area contributed by atoms with Crippen molar-refractivity contribution in [2.24, 2.45) is 5.92 Å². The topological polar surface area (TPSA) is 75.4 Å². The minimum absolute atomic E-state index is 0.00661. The van der Waals surface area contributed by atoms with E-state index in [2.05, 4.69) is 4.98 Å². The van der Waals surface area contributed by atoms with E-state index in [1.807, 2.05) is 23.3 Å². The summed E-state index contributed by atoms with van der Waals surface area (Å²) in [6, 6.07) is 1.86. The summed E-state index contributed by atoms with van der Waals surface area (Å²) in [5, 5.41) is 10.9. The number of carboxylic acids is 1. The van der Waals surface area contributed by atoms with E-state index in [0.717, 1.165) is 5.52 Å². The Kier molecular flexibility index (Phi) is 3.67. The van der Waals surface area contributed by atoms with Gasteiger partial charge in [-0.15, -0.1) is 11.3 Å². The van der Waals surface area contributed by atoms with Crippen molar-refractivity contribution in [3.05, 3.63) is 21.8 Å². The van der Waals surface area contributed by atoms with E-state index < -0.39 is 5.97 Å². The predicted molar refractivity (Wildman–Crippen MR) is 82.1 cm³/mol. The van der Waals surface area contributed by atoms with Gasteiger partial charge in [-0.1, -0.05) is 0 Å². The predicted octanol–water partition coefficient (Wildman–Crippen LogP) is 1.78. The molecule has 6 nitrogen and oxygen atoms in total. The first-order valence-corrected chi connectivity index (χ1v) is 7.95. The Hall–Kier alpha value is -1.89. The summed E-state index contributed by atoms with van der Waals surface area (Å²) in [6.07, 6.45) is 1.19. The van der Waals surface area contributed by atoms with Crippen LogP contribution in [0.1, 0.15) is 19.8 Å². The maximum absolute atomic E-state index is 12.5. The molecule has 0 spiro atoms. The van der Waals surface area contributed by atoms with Gasteiger partial charge < -0.3 is 10.0 Å². The molecule has 0 amide bonds. The first-order chi connectivity index (χ1) is 10.1. The van der Waals surface area contributed by atoms with Crippen LogP contribution >= 0.6 is 11.3 Å². The average molecular weight is 307 g/mol. The first-order valence-electron chi connectivity index (χ1n) is 7.07. The molecule has 1 fully saturated rings. The molecule has 1 aliphatic heterocycles. The Morgan fingerprint density at radius 1 is 1.48 bits per heavy atom. The largest absolute Gasteiger partial charge is 0.481 e. The standard InChI is InChI=1S/C14H17N3O3S/c1-2-17-12(18)11-10(5-8-21-11)15-14(17)16-6-3-9(4-7-16)13(19)20/h5,8-9H,2-4,6-7H2,1H3,(H,19,20).